The molecule has 0 saturated carbocycles. The van der Waals surface area contributed by atoms with Gasteiger partial charge in [0, 0.05) is 25.2 Å². The quantitative estimate of drug-likeness (QED) is 0.540. The zero-order chi connectivity index (χ0) is 24.9. The van der Waals surface area contributed by atoms with Crippen molar-refractivity contribution in [1.82, 2.24) is 5.32 Å². The number of methoxy groups -OCH3 is 1. The van der Waals surface area contributed by atoms with E-state index in [1.165, 1.54) is 0 Å². The van der Waals surface area contributed by atoms with Gasteiger partial charge in [-0.05, 0) is 66.9 Å². The van der Waals surface area contributed by atoms with Gasteiger partial charge in [0.25, 0.3) is 5.91 Å². The average Bonchev–Trinajstić information content (AvgIpc) is 3.26. The van der Waals surface area contributed by atoms with Crippen molar-refractivity contribution < 1.29 is 19.1 Å². The molecule has 0 spiro atoms. The molecule has 1 saturated heterocycles. The molecule has 0 radical (unpaired) electrons. The summed E-state index contributed by atoms with van der Waals surface area (Å²) < 4.78 is 5.16. The summed E-state index contributed by atoms with van der Waals surface area (Å²) >= 11 is 0. The zero-order valence-electron chi connectivity index (χ0n) is 20.1. The highest BCUT2D eigenvalue weighted by Crippen LogP contribution is 2.28. The maximum absolute atomic E-state index is 13.0. The average molecular weight is 472 g/mol. The lowest BCUT2D eigenvalue weighted by Crippen LogP contribution is -2.29. The minimum Gasteiger partial charge on any atom is -0.497 e. The predicted molar refractivity (Wildman–Crippen MR) is 136 cm³/mol. The van der Waals surface area contributed by atoms with Crippen LogP contribution in [0.25, 0.3) is 0 Å². The third-order valence-corrected chi connectivity index (χ3v) is 6.34. The van der Waals surface area contributed by atoms with Crippen LogP contribution in [0.5, 0.6) is 5.75 Å². The Labute approximate surface area is 205 Å². The minimum absolute atomic E-state index is 0.0843. The summed E-state index contributed by atoms with van der Waals surface area (Å²) in [5.41, 5.74) is 4.75. The number of nitrogens with zero attached hydrogens (tertiary/aromatic N) is 1. The van der Waals surface area contributed by atoms with Crippen LogP contribution in [0.3, 0.4) is 0 Å². The largest absolute Gasteiger partial charge is 0.497 e. The lowest BCUT2D eigenvalue weighted by atomic mass is 10.1. The molecule has 3 aromatic carbocycles. The fraction of sp³-hybridized carbons (Fsp3) is 0.250. The summed E-state index contributed by atoms with van der Waals surface area (Å²) in [5.74, 6) is -0.413. The van der Waals surface area contributed by atoms with Crippen LogP contribution in [0, 0.1) is 19.8 Å². The van der Waals surface area contributed by atoms with E-state index in [1.54, 1.807) is 36.3 Å². The molecule has 1 heterocycles. The van der Waals surface area contributed by atoms with Gasteiger partial charge in [-0.1, -0.05) is 30.3 Å². The van der Waals surface area contributed by atoms with E-state index in [9.17, 15) is 14.4 Å². The van der Waals surface area contributed by atoms with E-state index in [4.69, 9.17) is 4.74 Å². The van der Waals surface area contributed by atoms with Crippen molar-refractivity contribution in [3.8, 4) is 5.75 Å². The molecule has 7 heteroatoms. The molecule has 2 N–H and O–H groups in total. The molecule has 7 nitrogen and oxygen atoms in total. The molecule has 35 heavy (non-hydrogen) atoms. The monoisotopic (exact) mass is 471 g/mol. The molecular weight excluding hydrogens is 442 g/mol. The van der Waals surface area contributed by atoms with Crippen LogP contribution in [0.2, 0.25) is 0 Å². The second kappa shape index (κ2) is 10.4. The maximum atomic E-state index is 13.0. The van der Waals surface area contributed by atoms with E-state index in [-0.39, 0.29) is 24.1 Å². The molecule has 180 valence electrons. The van der Waals surface area contributed by atoms with Gasteiger partial charge in [-0.2, -0.15) is 0 Å². The summed E-state index contributed by atoms with van der Waals surface area (Å²) in [6.07, 6.45) is 0.130. The molecule has 3 aromatic rings. The number of para-hydroxylation sites is 1. The molecule has 1 aliphatic rings. The number of hydrogen-bond donors (Lipinski definition) is 2. The Morgan fingerprint density at radius 3 is 2.46 bits per heavy atom. The SMILES string of the molecule is COc1ccc(CNC(=O)c2ccccc2NC(=O)[C@@H]2CC(=O)N(c3ccc(C)c(C)c3)C2)cc1. The maximum Gasteiger partial charge on any atom is 0.253 e. The van der Waals surface area contributed by atoms with Crippen LogP contribution in [-0.4, -0.2) is 31.4 Å². The lowest BCUT2D eigenvalue weighted by Gasteiger charge is -2.18. The van der Waals surface area contributed by atoms with Crippen LogP contribution in [0.1, 0.15) is 33.5 Å². The van der Waals surface area contributed by atoms with E-state index in [2.05, 4.69) is 10.6 Å². The van der Waals surface area contributed by atoms with E-state index in [1.807, 2.05) is 56.3 Å². The molecule has 1 aliphatic heterocycles. The van der Waals surface area contributed by atoms with Crippen LogP contribution in [0.4, 0.5) is 11.4 Å². The number of ether oxygens (including phenoxy) is 1. The van der Waals surface area contributed by atoms with Gasteiger partial charge in [0.2, 0.25) is 11.8 Å². The smallest absolute Gasteiger partial charge is 0.253 e. The number of nitrogens with one attached hydrogen (secondary N) is 2. The van der Waals surface area contributed by atoms with Gasteiger partial charge >= 0.3 is 0 Å². The highest BCUT2D eigenvalue weighted by atomic mass is 16.5. The van der Waals surface area contributed by atoms with Gasteiger partial charge in [-0.25, -0.2) is 0 Å². The topological polar surface area (TPSA) is 87.7 Å². The van der Waals surface area contributed by atoms with Crippen molar-refractivity contribution in [2.24, 2.45) is 5.92 Å². The summed E-state index contributed by atoms with van der Waals surface area (Å²) in [6.45, 7) is 4.66. The molecule has 0 bridgehead atoms. The Morgan fingerprint density at radius 1 is 1.00 bits per heavy atom. The molecule has 0 aliphatic carbocycles. The number of carbonyl (C=O) groups is 3. The van der Waals surface area contributed by atoms with Crippen LogP contribution in [-0.2, 0) is 16.1 Å². The first-order valence-corrected chi connectivity index (χ1v) is 11.5. The van der Waals surface area contributed by atoms with E-state index in [0.29, 0.717) is 24.3 Å². The van der Waals surface area contributed by atoms with Gasteiger partial charge < -0.3 is 20.3 Å². The van der Waals surface area contributed by atoms with E-state index >= 15 is 0 Å². The van der Waals surface area contributed by atoms with Gasteiger partial charge in [-0.15, -0.1) is 0 Å². The second-order valence-corrected chi connectivity index (χ2v) is 8.74. The normalized spacial score (nSPS) is 15.1. The first-order chi connectivity index (χ1) is 16.9. The van der Waals surface area contributed by atoms with Gasteiger partial charge in [0.05, 0.1) is 24.3 Å². The first kappa shape index (κ1) is 24.0. The van der Waals surface area contributed by atoms with E-state index < -0.39 is 5.92 Å². The number of hydrogen-bond acceptors (Lipinski definition) is 4. The summed E-state index contributed by atoms with van der Waals surface area (Å²) in [5, 5.41) is 5.75. The number of rotatable bonds is 7. The van der Waals surface area contributed by atoms with Gasteiger partial charge in [-0.3, -0.25) is 14.4 Å². The van der Waals surface area contributed by atoms with Crippen molar-refractivity contribution in [1.29, 1.82) is 0 Å². The third-order valence-electron chi connectivity index (χ3n) is 6.34. The molecule has 3 amide bonds. The Balaban J connectivity index is 1.41. The number of anilines is 2. The Morgan fingerprint density at radius 2 is 1.74 bits per heavy atom. The molecule has 1 fully saturated rings. The Hall–Kier alpha value is -4.13. The van der Waals surface area contributed by atoms with Crippen molar-refractivity contribution in [2.45, 2.75) is 26.8 Å². The minimum atomic E-state index is -0.500. The molecule has 0 aromatic heterocycles. The Kier molecular flexibility index (Phi) is 7.15. The predicted octanol–water partition coefficient (Wildman–Crippen LogP) is 4.23. The molecular formula is C28H29N3O4. The fourth-order valence-corrected chi connectivity index (χ4v) is 4.07. The third kappa shape index (κ3) is 5.51. The van der Waals surface area contributed by atoms with Gasteiger partial charge in [0.1, 0.15) is 5.75 Å². The summed E-state index contributed by atoms with van der Waals surface area (Å²) in [6, 6.07) is 20.1. The zero-order valence-corrected chi connectivity index (χ0v) is 20.1. The Bertz CT molecular complexity index is 1250. The molecule has 1 atom stereocenters. The first-order valence-electron chi connectivity index (χ1n) is 11.5. The van der Waals surface area contributed by atoms with Crippen molar-refractivity contribution in [2.75, 3.05) is 23.9 Å². The van der Waals surface area contributed by atoms with Crippen molar-refractivity contribution in [3.05, 3.63) is 89.0 Å². The fourth-order valence-electron chi connectivity index (χ4n) is 4.07. The van der Waals surface area contributed by atoms with Crippen molar-refractivity contribution >= 4 is 29.1 Å². The second-order valence-electron chi connectivity index (χ2n) is 8.74. The highest BCUT2D eigenvalue weighted by Gasteiger charge is 2.35. The summed E-state index contributed by atoms with van der Waals surface area (Å²) in [4.78, 5) is 40.2. The van der Waals surface area contributed by atoms with Crippen molar-refractivity contribution in [3.63, 3.8) is 0 Å². The van der Waals surface area contributed by atoms with Gasteiger partial charge in [0.15, 0.2) is 0 Å². The lowest BCUT2D eigenvalue weighted by molar-refractivity contribution is -0.122. The van der Waals surface area contributed by atoms with Crippen LogP contribution >= 0.6 is 0 Å². The highest BCUT2D eigenvalue weighted by molar-refractivity contribution is 6.07. The van der Waals surface area contributed by atoms with E-state index in [0.717, 1.165) is 28.1 Å². The number of aryl methyl sites for hydroxylation is 2. The number of amides is 3. The number of carbonyl (C=O) groups excluding carboxylic acids is 3. The molecule has 0 unspecified atom stereocenters. The number of benzene rings is 3. The standard InChI is InChI=1S/C28H29N3O4/c1-18-8-11-22(14-19(18)2)31-17-21(15-26(31)32)27(33)30-25-7-5-4-6-24(25)28(34)29-16-20-9-12-23(35-3)13-10-20/h4-14,21H,15-17H2,1-3H3,(H,29,34)(H,30,33)/t21-/m1/s1. The molecule has 4 rings (SSSR count). The van der Waals surface area contributed by atoms with Crippen LogP contribution in [0.15, 0.2) is 66.7 Å². The summed E-state index contributed by atoms with van der Waals surface area (Å²) in [7, 11) is 1.60. The van der Waals surface area contributed by atoms with Crippen LogP contribution < -0.4 is 20.3 Å².